The van der Waals surface area contributed by atoms with Crippen molar-refractivity contribution in [2.75, 3.05) is 43.1 Å². The maximum Gasteiger partial charge on any atom is 0.573 e. The second-order valence-corrected chi connectivity index (χ2v) is 6.26. The summed E-state index contributed by atoms with van der Waals surface area (Å²) >= 11 is 3.31. The summed E-state index contributed by atoms with van der Waals surface area (Å²) in [7, 11) is 1.53. The molecule has 0 aliphatic carbocycles. The maximum absolute atomic E-state index is 12.2. The molecule has 7 nitrogen and oxygen atoms in total. The van der Waals surface area contributed by atoms with E-state index in [1.54, 1.807) is 6.20 Å². The highest BCUT2D eigenvalue weighted by molar-refractivity contribution is 9.10. The van der Waals surface area contributed by atoms with Gasteiger partial charge in [-0.15, -0.1) is 13.2 Å². The Kier molecular flexibility index (Phi) is 5.35. The minimum Gasteiger partial charge on any atom is -0.480 e. The quantitative estimate of drug-likeness (QED) is 0.734. The molecule has 0 aromatic carbocycles. The van der Waals surface area contributed by atoms with Gasteiger partial charge in [0.25, 0.3) is 0 Å². The summed E-state index contributed by atoms with van der Waals surface area (Å²) in [5.41, 5.74) is 0. The van der Waals surface area contributed by atoms with Crippen molar-refractivity contribution in [3.05, 3.63) is 29.0 Å². The summed E-state index contributed by atoms with van der Waals surface area (Å²) in [6, 6.07) is 2.76. The number of nitrogens with zero attached hydrogens (tertiary/aromatic N) is 5. The first-order chi connectivity index (χ1) is 12.4. The molecule has 11 heteroatoms. The first-order valence-electron chi connectivity index (χ1n) is 7.64. The zero-order valence-electron chi connectivity index (χ0n) is 13.7. The molecule has 26 heavy (non-hydrogen) atoms. The van der Waals surface area contributed by atoms with Crippen LogP contribution < -0.4 is 19.3 Å². The third-order valence-corrected chi connectivity index (χ3v) is 4.28. The van der Waals surface area contributed by atoms with Gasteiger partial charge < -0.3 is 19.3 Å². The smallest absolute Gasteiger partial charge is 0.480 e. The van der Waals surface area contributed by atoms with E-state index in [9.17, 15) is 13.2 Å². The molecular weight excluding hydrogens is 419 g/mol. The van der Waals surface area contributed by atoms with Crippen molar-refractivity contribution >= 4 is 27.7 Å². The highest BCUT2D eigenvalue weighted by Gasteiger charge is 2.31. The fraction of sp³-hybridized carbons (Fsp3) is 0.400. The van der Waals surface area contributed by atoms with Gasteiger partial charge >= 0.3 is 6.36 Å². The SMILES string of the molecule is COc1nc(N2CCN(c3ccc(OC(F)(F)F)cn3)CC2)ncc1Br. The van der Waals surface area contributed by atoms with Crippen LogP contribution in [0.15, 0.2) is 29.0 Å². The van der Waals surface area contributed by atoms with E-state index in [1.807, 2.05) is 9.80 Å². The molecule has 2 aromatic rings. The lowest BCUT2D eigenvalue weighted by atomic mass is 10.3. The van der Waals surface area contributed by atoms with Crippen LogP contribution in [0, 0.1) is 0 Å². The average molecular weight is 434 g/mol. The zero-order valence-corrected chi connectivity index (χ0v) is 15.3. The van der Waals surface area contributed by atoms with Gasteiger partial charge in [-0.1, -0.05) is 0 Å². The van der Waals surface area contributed by atoms with Crippen molar-refractivity contribution in [3.8, 4) is 11.6 Å². The van der Waals surface area contributed by atoms with E-state index >= 15 is 0 Å². The highest BCUT2D eigenvalue weighted by Crippen LogP contribution is 2.26. The van der Waals surface area contributed by atoms with Crippen LogP contribution in [0.25, 0.3) is 0 Å². The van der Waals surface area contributed by atoms with Gasteiger partial charge in [0.15, 0.2) is 0 Å². The number of hydrogen-bond donors (Lipinski definition) is 0. The Morgan fingerprint density at radius 2 is 1.73 bits per heavy atom. The normalized spacial score (nSPS) is 15.1. The van der Waals surface area contributed by atoms with Crippen molar-refractivity contribution < 1.29 is 22.6 Å². The lowest BCUT2D eigenvalue weighted by molar-refractivity contribution is -0.274. The van der Waals surface area contributed by atoms with Crippen LogP contribution in [0.4, 0.5) is 24.9 Å². The number of rotatable bonds is 4. The lowest BCUT2D eigenvalue weighted by Gasteiger charge is -2.35. The largest absolute Gasteiger partial charge is 0.573 e. The van der Waals surface area contributed by atoms with Crippen LogP contribution in [0.2, 0.25) is 0 Å². The molecule has 1 fully saturated rings. The highest BCUT2D eigenvalue weighted by atomic mass is 79.9. The summed E-state index contributed by atoms with van der Waals surface area (Å²) in [5.74, 6) is 1.27. The zero-order chi connectivity index (χ0) is 18.7. The summed E-state index contributed by atoms with van der Waals surface area (Å²) in [4.78, 5) is 16.7. The molecule has 3 rings (SSSR count). The molecule has 0 unspecified atom stereocenters. The number of methoxy groups -OCH3 is 1. The van der Waals surface area contributed by atoms with E-state index in [-0.39, 0.29) is 5.75 Å². The number of piperazine rings is 1. The van der Waals surface area contributed by atoms with Gasteiger partial charge in [-0.3, -0.25) is 0 Å². The number of anilines is 2. The summed E-state index contributed by atoms with van der Waals surface area (Å²) in [6.07, 6.45) is -2.02. The number of pyridine rings is 1. The Morgan fingerprint density at radius 1 is 1.04 bits per heavy atom. The van der Waals surface area contributed by atoms with Crippen molar-refractivity contribution in [2.24, 2.45) is 0 Å². The van der Waals surface area contributed by atoms with Crippen molar-refractivity contribution in [1.29, 1.82) is 0 Å². The molecule has 1 saturated heterocycles. The number of ether oxygens (including phenoxy) is 2. The Labute approximate surface area is 155 Å². The molecule has 0 saturated carbocycles. The van der Waals surface area contributed by atoms with Gasteiger partial charge in [-0.05, 0) is 28.1 Å². The van der Waals surface area contributed by atoms with Crippen LogP contribution in [-0.4, -0.2) is 54.6 Å². The predicted molar refractivity (Wildman–Crippen MR) is 91.6 cm³/mol. The fourth-order valence-electron chi connectivity index (χ4n) is 2.53. The van der Waals surface area contributed by atoms with Crippen LogP contribution in [0.1, 0.15) is 0 Å². The van der Waals surface area contributed by atoms with E-state index in [2.05, 4.69) is 35.6 Å². The van der Waals surface area contributed by atoms with E-state index < -0.39 is 6.36 Å². The molecule has 0 radical (unpaired) electrons. The number of aromatic nitrogens is 3. The summed E-state index contributed by atoms with van der Waals surface area (Å²) in [5, 5.41) is 0. The van der Waals surface area contributed by atoms with E-state index in [0.717, 1.165) is 6.20 Å². The fourth-order valence-corrected chi connectivity index (χ4v) is 2.88. The van der Waals surface area contributed by atoms with Crippen LogP contribution in [0.5, 0.6) is 11.6 Å². The van der Waals surface area contributed by atoms with Crippen molar-refractivity contribution in [2.45, 2.75) is 6.36 Å². The third-order valence-electron chi connectivity index (χ3n) is 3.73. The first kappa shape index (κ1) is 18.5. The monoisotopic (exact) mass is 433 g/mol. The minimum atomic E-state index is -4.72. The van der Waals surface area contributed by atoms with Gasteiger partial charge in [0, 0.05) is 26.2 Å². The van der Waals surface area contributed by atoms with Gasteiger partial charge in [0.2, 0.25) is 11.8 Å². The number of halogens is 4. The second-order valence-electron chi connectivity index (χ2n) is 5.40. The molecule has 0 spiro atoms. The Morgan fingerprint density at radius 3 is 2.31 bits per heavy atom. The first-order valence-corrected chi connectivity index (χ1v) is 8.43. The molecule has 1 aliphatic heterocycles. The summed E-state index contributed by atoms with van der Waals surface area (Å²) < 4.78 is 46.2. The molecular formula is C15H15BrF3N5O2. The van der Waals surface area contributed by atoms with Crippen molar-refractivity contribution in [3.63, 3.8) is 0 Å². The van der Waals surface area contributed by atoms with E-state index in [1.165, 1.54) is 19.2 Å². The molecule has 0 amide bonds. The molecule has 0 atom stereocenters. The number of hydrogen-bond acceptors (Lipinski definition) is 7. The molecule has 3 heterocycles. The molecule has 0 bridgehead atoms. The molecule has 1 aliphatic rings. The molecule has 0 N–H and O–H groups in total. The average Bonchev–Trinajstić information content (AvgIpc) is 2.62. The lowest BCUT2D eigenvalue weighted by Crippen LogP contribution is -2.47. The van der Waals surface area contributed by atoms with Gasteiger partial charge in [0.1, 0.15) is 11.6 Å². The number of alkyl halides is 3. The Hall–Kier alpha value is -2.30. The third kappa shape index (κ3) is 4.45. The van der Waals surface area contributed by atoms with Crippen molar-refractivity contribution in [1.82, 2.24) is 15.0 Å². The maximum atomic E-state index is 12.2. The van der Waals surface area contributed by atoms with Gasteiger partial charge in [-0.25, -0.2) is 9.97 Å². The van der Waals surface area contributed by atoms with Crippen LogP contribution in [-0.2, 0) is 0 Å². The topological polar surface area (TPSA) is 63.6 Å². The minimum absolute atomic E-state index is 0.338. The van der Waals surface area contributed by atoms with Gasteiger partial charge in [-0.2, -0.15) is 4.98 Å². The van der Waals surface area contributed by atoms with E-state index in [0.29, 0.717) is 48.3 Å². The molecule has 140 valence electrons. The second kappa shape index (κ2) is 7.52. The predicted octanol–water partition coefficient (Wildman–Crippen LogP) is 2.87. The Bertz CT molecular complexity index is 752. The van der Waals surface area contributed by atoms with Crippen LogP contribution in [0.3, 0.4) is 0 Å². The Balaban J connectivity index is 1.61. The van der Waals surface area contributed by atoms with Gasteiger partial charge in [0.05, 0.1) is 24.0 Å². The molecule has 2 aromatic heterocycles. The van der Waals surface area contributed by atoms with Crippen LogP contribution >= 0.6 is 15.9 Å². The van der Waals surface area contributed by atoms with E-state index in [4.69, 9.17) is 4.74 Å². The summed E-state index contributed by atoms with van der Waals surface area (Å²) in [6.45, 7) is 2.56. The standard InChI is InChI=1S/C15H15BrF3N5O2/c1-25-13-11(16)9-21-14(22-13)24-6-4-23(5-7-24)12-3-2-10(8-20-12)26-15(17,18)19/h2-3,8-9H,4-7H2,1H3.